The van der Waals surface area contributed by atoms with Gasteiger partial charge >= 0.3 is 12.1 Å². The third-order valence-corrected chi connectivity index (χ3v) is 4.86. The van der Waals surface area contributed by atoms with Crippen molar-refractivity contribution in [1.82, 2.24) is 0 Å². The molecule has 184 valence electrons. The predicted molar refractivity (Wildman–Crippen MR) is 118 cm³/mol. The molecule has 1 atom stereocenters. The molecule has 0 spiro atoms. The lowest BCUT2D eigenvalue weighted by molar-refractivity contribution is -0.384. The highest BCUT2D eigenvalue weighted by molar-refractivity contribution is 6.33. The van der Waals surface area contributed by atoms with Crippen LogP contribution < -0.4 is 15.4 Å². The van der Waals surface area contributed by atoms with Crippen molar-refractivity contribution < 1.29 is 37.2 Å². The first-order valence-corrected chi connectivity index (χ1v) is 10.1. The van der Waals surface area contributed by atoms with Crippen molar-refractivity contribution in [3.8, 4) is 5.75 Å². The lowest BCUT2D eigenvalue weighted by atomic mass is 10.0. The molecule has 0 aliphatic heterocycles. The van der Waals surface area contributed by atoms with Crippen LogP contribution in [0.25, 0.3) is 0 Å². The number of nitro groups is 1. The summed E-state index contributed by atoms with van der Waals surface area (Å²) in [6.45, 7) is 2.64. The van der Waals surface area contributed by atoms with Gasteiger partial charge in [-0.1, -0.05) is 25.4 Å². The Morgan fingerprint density at radius 2 is 1.79 bits per heavy atom. The Hall–Kier alpha value is -3.54. The van der Waals surface area contributed by atoms with Crippen molar-refractivity contribution in [3.63, 3.8) is 0 Å². The molecule has 0 aromatic heterocycles. The van der Waals surface area contributed by atoms with E-state index in [1.165, 1.54) is 13.2 Å². The van der Waals surface area contributed by atoms with E-state index in [4.69, 9.17) is 21.1 Å². The number of hydrogen-bond acceptors (Lipinski definition) is 7. The second kappa shape index (κ2) is 11.1. The fourth-order valence-electron chi connectivity index (χ4n) is 2.78. The van der Waals surface area contributed by atoms with Crippen LogP contribution in [-0.4, -0.2) is 36.6 Å². The van der Waals surface area contributed by atoms with Crippen LogP contribution in [0.1, 0.15) is 19.4 Å². The minimum absolute atomic E-state index is 0.0348. The van der Waals surface area contributed by atoms with Gasteiger partial charge in [0, 0.05) is 6.07 Å². The van der Waals surface area contributed by atoms with E-state index in [9.17, 15) is 32.9 Å². The number of rotatable bonds is 9. The van der Waals surface area contributed by atoms with Crippen LogP contribution in [0.15, 0.2) is 36.4 Å². The number of ether oxygens (including phenoxy) is 2. The summed E-state index contributed by atoms with van der Waals surface area (Å²) in [6.07, 6.45) is -4.57. The number of non-ortho nitro benzene ring substituents is 1. The Bertz CT molecular complexity index is 1080. The number of hydrogen-bond donors (Lipinski definition) is 2. The predicted octanol–water partition coefficient (Wildman–Crippen LogP) is 4.89. The molecule has 1 amide bonds. The van der Waals surface area contributed by atoms with Crippen molar-refractivity contribution in [2.75, 3.05) is 24.4 Å². The van der Waals surface area contributed by atoms with Crippen LogP contribution in [0.5, 0.6) is 5.75 Å². The van der Waals surface area contributed by atoms with Crippen molar-refractivity contribution >= 4 is 40.5 Å². The summed E-state index contributed by atoms with van der Waals surface area (Å²) >= 11 is 5.93. The average Bonchev–Trinajstić information content (AvgIpc) is 2.75. The van der Waals surface area contributed by atoms with Gasteiger partial charge in [0.2, 0.25) is 0 Å². The van der Waals surface area contributed by atoms with Crippen molar-refractivity contribution in [2.24, 2.45) is 5.92 Å². The molecule has 2 aromatic rings. The first-order valence-electron chi connectivity index (χ1n) is 9.75. The molecular weight excluding hydrogens is 483 g/mol. The number of benzene rings is 2. The maximum absolute atomic E-state index is 12.8. The standard InChI is InChI=1S/C21H21ClF3N3O6/c1-11(2)19(27-15-6-4-12(8-14(15)22)21(23,24)25)20(30)34-10-18(29)26-16-7-5-13(28(31)32)9-17(16)33-3/h4-9,11,19,27H,10H2,1-3H3,(H,26,29). The summed E-state index contributed by atoms with van der Waals surface area (Å²) in [4.78, 5) is 35.0. The Labute approximate surface area is 197 Å². The molecule has 0 fully saturated rings. The van der Waals surface area contributed by atoms with Gasteiger partial charge in [-0.05, 0) is 30.2 Å². The monoisotopic (exact) mass is 503 g/mol. The first-order chi connectivity index (χ1) is 15.8. The van der Waals surface area contributed by atoms with E-state index in [-0.39, 0.29) is 33.8 Å². The summed E-state index contributed by atoms with van der Waals surface area (Å²) in [7, 11) is 1.26. The largest absolute Gasteiger partial charge is 0.494 e. The summed E-state index contributed by atoms with van der Waals surface area (Å²) < 4.78 is 48.5. The summed E-state index contributed by atoms with van der Waals surface area (Å²) in [5.74, 6) is -1.91. The van der Waals surface area contributed by atoms with E-state index >= 15 is 0 Å². The number of halogens is 4. The Kier molecular flexibility index (Phi) is 8.68. The fourth-order valence-corrected chi connectivity index (χ4v) is 3.02. The number of alkyl halides is 3. The average molecular weight is 504 g/mol. The van der Waals surface area contributed by atoms with Crippen LogP contribution in [0.3, 0.4) is 0 Å². The topological polar surface area (TPSA) is 120 Å². The minimum Gasteiger partial charge on any atom is -0.494 e. The van der Waals surface area contributed by atoms with Crippen LogP contribution in [0, 0.1) is 16.0 Å². The molecule has 2 N–H and O–H groups in total. The normalized spacial score (nSPS) is 12.1. The van der Waals surface area contributed by atoms with Gasteiger partial charge in [0.15, 0.2) is 6.61 Å². The van der Waals surface area contributed by atoms with Crippen LogP contribution in [0.4, 0.5) is 30.2 Å². The maximum atomic E-state index is 12.8. The Balaban J connectivity index is 2.04. The SMILES string of the molecule is COc1cc([N+](=O)[O-])ccc1NC(=O)COC(=O)C(Nc1ccc(C(F)(F)F)cc1Cl)C(C)C. The molecule has 2 rings (SSSR count). The molecule has 0 saturated carbocycles. The molecule has 0 radical (unpaired) electrons. The summed E-state index contributed by atoms with van der Waals surface area (Å²) in [6, 6.07) is 5.18. The van der Waals surface area contributed by atoms with Gasteiger partial charge in [-0.25, -0.2) is 4.79 Å². The number of amides is 1. The van der Waals surface area contributed by atoms with Crippen LogP contribution in [-0.2, 0) is 20.5 Å². The zero-order chi connectivity index (χ0) is 25.6. The Morgan fingerprint density at radius 1 is 1.15 bits per heavy atom. The summed E-state index contributed by atoms with van der Waals surface area (Å²) in [5, 5.41) is 15.8. The van der Waals surface area contributed by atoms with Crippen LogP contribution in [0.2, 0.25) is 5.02 Å². The molecule has 1 unspecified atom stereocenters. The van der Waals surface area contributed by atoms with Gasteiger partial charge in [0.05, 0.1) is 40.1 Å². The van der Waals surface area contributed by atoms with Gasteiger partial charge in [-0.3, -0.25) is 14.9 Å². The minimum atomic E-state index is -4.57. The van der Waals surface area contributed by atoms with E-state index in [1.807, 2.05) is 0 Å². The number of anilines is 2. The van der Waals surface area contributed by atoms with Crippen molar-refractivity contribution in [1.29, 1.82) is 0 Å². The van der Waals surface area contributed by atoms with E-state index in [1.54, 1.807) is 13.8 Å². The molecule has 0 heterocycles. The fraction of sp³-hybridized carbons (Fsp3) is 0.333. The number of esters is 1. The third-order valence-electron chi connectivity index (χ3n) is 4.54. The molecular formula is C21H21ClF3N3O6. The lowest BCUT2D eigenvalue weighted by Crippen LogP contribution is -2.37. The third kappa shape index (κ3) is 6.98. The van der Waals surface area contributed by atoms with E-state index in [0.717, 1.165) is 30.3 Å². The zero-order valence-electron chi connectivity index (χ0n) is 18.2. The highest BCUT2D eigenvalue weighted by Gasteiger charge is 2.32. The van der Waals surface area contributed by atoms with Crippen LogP contribution >= 0.6 is 11.6 Å². The van der Waals surface area contributed by atoms with Gasteiger partial charge in [0.25, 0.3) is 11.6 Å². The van der Waals surface area contributed by atoms with Gasteiger partial charge in [-0.2, -0.15) is 13.2 Å². The highest BCUT2D eigenvalue weighted by Crippen LogP contribution is 2.34. The van der Waals surface area contributed by atoms with Crippen molar-refractivity contribution in [2.45, 2.75) is 26.1 Å². The number of carbonyl (C=O) groups excluding carboxylic acids is 2. The number of nitrogens with one attached hydrogen (secondary N) is 2. The van der Waals surface area contributed by atoms with E-state index in [0.29, 0.717) is 0 Å². The number of nitro benzene ring substituents is 1. The van der Waals surface area contributed by atoms with Crippen molar-refractivity contribution in [3.05, 3.63) is 57.1 Å². The highest BCUT2D eigenvalue weighted by atomic mass is 35.5. The first kappa shape index (κ1) is 26.7. The van der Waals surface area contributed by atoms with Gasteiger partial charge in [0.1, 0.15) is 11.8 Å². The molecule has 0 aliphatic carbocycles. The van der Waals surface area contributed by atoms with E-state index < -0.39 is 41.2 Å². The maximum Gasteiger partial charge on any atom is 0.416 e. The quantitative estimate of drug-likeness (QED) is 0.284. The molecule has 0 bridgehead atoms. The second-order valence-electron chi connectivity index (χ2n) is 7.36. The zero-order valence-corrected chi connectivity index (χ0v) is 19.0. The summed E-state index contributed by atoms with van der Waals surface area (Å²) in [5.41, 5.74) is -0.964. The van der Waals surface area contributed by atoms with Gasteiger partial charge in [-0.15, -0.1) is 0 Å². The molecule has 0 saturated heterocycles. The second-order valence-corrected chi connectivity index (χ2v) is 7.76. The number of carbonyl (C=O) groups is 2. The smallest absolute Gasteiger partial charge is 0.416 e. The number of nitrogens with zero attached hydrogens (tertiary/aromatic N) is 1. The number of methoxy groups -OCH3 is 1. The molecule has 0 aliphatic rings. The lowest BCUT2D eigenvalue weighted by Gasteiger charge is -2.23. The molecule has 13 heteroatoms. The molecule has 34 heavy (non-hydrogen) atoms. The Morgan fingerprint density at radius 3 is 2.32 bits per heavy atom. The molecule has 2 aromatic carbocycles. The molecule has 9 nitrogen and oxygen atoms in total. The van der Waals surface area contributed by atoms with Gasteiger partial charge < -0.3 is 20.1 Å². The van der Waals surface area contributed by atoms with E-state index in [2.05, 4.69) is 10.6 Å².